The highest BCUT2D eigenvalue weighted by Crippen LogP contribution is 2.01. The highest BCUT2D eigenvalue weighted by Gasteiger charge is 2.15. The van der Waals surface area contributed by atoms with Gasteiger partial charge in [-0.15, -0.1) is 0 Å². The first kappa shape index (κ1) is 12.9. The van der Waals surface area contributed by atoms with Crippen molar-refractivity contribution in [1.29, 1.82) is 0 Å². The van der Waals surface area contributed by atoms with Crippen LogP contribution in [0.5, 0.6) is 0 Å². The molecule has 14 heavy (non-hydrogen) atoms. The van der Waals surface area contributed by atoms with E-state index in [1.54, 1.807) is 0 Å². The van der Waals surface area contributed by atoms with Crippen molar-refractivity contribution in [3.63, 3.8) is 0 Å². The molecule has 0 spiro atoms. The van der Waals surface area contributed by atoms with Crippen molar-refractivity contribution in [1.82, 2.24) is 5.32 Å². The second-order valence-corrected chi connectivity index (χ2v) is 3.13. The third-order valence-electron chi connectivity index (χ3n) is 1.82. The first-order chi connectivity index (χ1) is 6.57. The Morgan fingerprint density at radius 3 is 2.43 bits per heavy atom. The van der Waals surface area contributed by atoms with Gasteiger partial charge in [0.15, 0.2) is 0 Å². The Morgan fingerprint density at radius 1 is 1.36 bits per heavy atom. The lowest BCUT2D eigenvalue weighted by Gasteiger charge is -2.12. The maximum atomic E-state index is 10.7. The van der Waals surface area contributed by atoms with Gasteiger partial charge in [-0.05, 0) is 25.8 Å². The van der Waals surface area contributed by atoms with Crippen LogP contribution in [0, 0.1) is 0 Å². The summed E-state index contributed by atoms with van der Waals surface area (Å²) >= 11 is 0. The van der Waals surface area contributed by atoms with Crippen LogP contribution in [0.1, 0.15) is 32.6 Å². The maximum absolute atomic E-state index is 10.7. The molecule has 0 amide bonds. The van der Waals surface area contributed by atoms with Gasteiger partial charge >= 0.3 is 11.9 Å². The van der Waals surface area contributed by atoms with E-state index in [1.165, 1.54) is 0 Å². The lowest BCUT2D eigenvalue weighted by Crippen LogP contribution is -2.37. The molecule has 1 atom stereocenters. The lowest BCUT2D eigenvalue weighted by atomic mass is 10.1. The van der Waals surface area contributed by atoms with Crippen LogP contribution in [0.3, 0.4) is 0 Å². The Kier molecular flexibility index (Phi) is 6.74. The smallest absolute Gasteiger partial charge is 0.320 e. The molecule has 0 aliphatic heterocycles. The number of rotatable bonds is 8. The zero-order chi connectivity index (χ0) is 11.0. The van der Waals surface area contributed by atoms with Crippen LogP contribution >= 0.6 is 0 Å². The van der Waals surface area contributed by atoms with Crippen LogP contribution in [0.25, 0.3) is 0 Å². The summed E-state index contributed by atoms with van der Waals surface area (Å²) in [5, 5.41) is 20.0. The van der Waals surface area contributed by atoms with E-state index in [0.717, 1.165) is 6.42 Å². The van der Waals surface area contributed by atoms with E-state index in [1.807, 2.05) is 6.92 Å². The van der Waals surface area contributed by atoms with E-state index in [9.17, 15) is 9.59 Å². The monoisotopic (exact) mass is 203 g/mol. The summed E-state index contributed by atoms with van der Waals surface area (Å²) < 4.78 is 0. The Balaban J connectivity index is 3.73. The van der Waals surface area contributed by atoms with E-state index >= 15 is 0 Å². The lowest BCUT2D eigenvalue weighted by molar-refractivity contribution is -0.141. The fourth-order valence-corrected chi connectivity index (χ4v) is 1.09. The van der Waals surface area contributed by atoms with Gasteiger partial charge in [0.05, 0.1) is 0 Å². The summed E-state index contributed by atoms with van der Waals surface area (Å²) in [6, 6.07) is -0.616. The second kappa shape index (κ2) is 7.32. The highest BCUT2D eigenvalue weighted by molar-refractivity contribution is 5.73. The van der Waals surface area contributed by atoms with Gasteiger partial charge in [-0.1, -0.05) is 6.92 Å². The van der Waals surface area contributed by atoms with E-state index in [0.29, 0.717) is 19.4 Å². The highest BCUT2D eigenvalue weighted by atomic mass is 16.4. The minimum absolute atomic E-state index is 0.0254. The molecule has 0 aromatic rings. The van der Waals surface area contributed by atoms with Gasteiger partial charge in [0, 0.05) is 6.42 Å². The van der Waals surface area contributed by atoms with Crippen LogP contribution in [0.2, 0.25) is 0 Å². The number of aliphatic carboxylic acids is 2. The van der Waals surface area contributed by atoms with Crippen molar-refractivity contribution >= 4 is 11.9 Å². The molecular weight excluding hydrogens is 186 g/mol. The van der Waals surface area contributed by atoms with Crippen molar-refractivity contribution in [3.8, 4) is 0 Å². The molecule has 0 aromatic heterocycles. The van der Waals surface area contributed by atoms with Crippen LogP contribution in [0.15, 0.2) is 0 Å². The molecule has 0 saturated heterocycles. The third kappa shape index (κ3) is 6.42. The molecule has 0 aliphatic rings. The van der Waals surface area contributed by atoms with Gasteiger partial charge in [-0.3, -0.25) is 9.59 Å². The fourth-order valence-electron chi connectivity index (χ4n) is 1.09. The van der Waals surface area contributed by atoms with E-state index in [-0.39, 0.29) is 6.42 Å². The first-order valence-corrected chi connectivity index (χ1v) is 4.76. The second-order valence-electron chi connectivity index (χ2n) is 3.13. The molecule has 0 fully saturated rings. The summed E-state index contributed by atoms with van der Waals surface area (Å²) in [6.45, 7) is 2.59. The molecule has 5 nitrogen and oxygen atoms in total. The Labute approximate surface area is 83.1 Å². The van der Waals surface area contributed by atoms with Crippen molar-refractivity contribution in [2.24, 2.45) is 0 Å². The molecule has 5 heteroatoms. The van der Waals surface area contributed by atoms with Gasteiger partial charge in [0.1, 0.15) is 6.04 Å². The number of hydrogen-bond donors (Lipinski definition) is 3. The largest absolute Gasteiger partial charge is 0.481 e. The molecule has 0 rings (SSSR count). The SMILES string of the molecule is CCCNC(CCCC(=O)O)C(=O)O. The number of nitrogens with one attached hydrogen (secondary N) is 1. The van der Waals surface area contributed by atoms with Crippen LogP contribution < -0.4 is 5.32 Å². The van der Waals surface area contributed by atoms with E-state index < -0.39 is 18.0 Å². The molecule has 1 unspecified atom stereocenters. The summed E-state index contributed by atoms with van der Waals surface area (Å²) in [4.78, 5) is 20.9. The number of carbonyl (C=O) groups is 2. The average molecular weight is 203 g/mol. The molecule has 0 radical (unpaired) electrons. The standard InChI is InChI=1S/C9H17NO4/c1-2-6-10-7(9(13)14)4-3-5-8(11)12/h7,10H,2-6H2,1H3,(H,11,12)(H,13,14). The first-order valence-electron chi connectivity index (χ1n) is 4.76. The summed E-state index contributed by atoms with van der Waals surface area (Å²) in [5.74, 6) is -1.80. The van der Waals surface area contributed by atoms with E-state index in [2.05, 4.69) is 5.32 Å². The van der Waals surface area contributed by atoms with Gasteiger partial charge in [0.2, 0.25) is 0 Å². The Morgan fingerprint density at radius 2 is 2.00 bits per heavy atom. The molecule has 0 saturated carbocycles. The average Bonchev–Trinajstić information content (AvgIpc) is 2.09. The molecule has 0 heterocycles. The summed E-state index contributed by atoms with van der Waals surface area (Å²) in [7, 11) is 0. The summed E-state index contributed by atoms with van der Waals surface area (Å²) in [5.41, 5.74) is 0. The number of carboxylic acids is 2. The molecule has 3 N–H and O–H groups in total. The minimum atomic E-state index is -0.913. The fraction of sp³-hybridized carbons (Fsp3) is 0.778. The number of hydrogen-bond acceptors (Lipinski definition) is 3. The molecule has 0 aliphatic carbocycles. The van der Waals surface area contributed by atoms with Gasteiger partial charge < -0.3 is 15.5 Å². The Bertz CT molecular complexity index is 193. The van der Waals surface area contributed by atoms with Gasteiger partial charge in [0.25, 0.3) is 0 Å². The van der Waals surface area contributed by atoms with Gasteiger partial charge in [-0.25, -0.2) is 0 Å². The van der Waals surface area contributed by atoms with Crippen molar-refractivity contribution in [2.75, 3.05) is 6.54 Å². The summed E-state index contributed by atoms with van der Waals surface area (Å²) in [6.07, 6.45) is 1.64. The van der Waals surface area contributed by atoms with Crippen molar-refractivity contribution in [2.45, 2.75) is 38.6 Å². The zero-order valence-corrected chi connectivity index (χ0v) is 8.32. The minimum Gasteiger partial charge on any atom is -0.481 e. The third-order valence-corrected chi connectivity index (χ3v) is 1.82. The Hall–Kier alpha value is -1.10. The zero-order valence-electron chi connectivity index (χ0n) is 8.32. The quantitative estimate of drug-likeness (QED) is 0.540. The molecule has 0 bridgehead atoms. The molecule has 0 aromatic carbocycles. The molecular formula is C9H17NO4. The molecule has 82 valence electrons. The topological polar surface area (TPSA) is 86.6 Å². The number of carboxylic acid groups (broad SMARTS) is 2. The van der Waals surface area contributed by atoms with Crippen molar-refractivity contribution in [3.05, 3.63) is 0 Å². The van der Waals surface area contributed by atoms with Crippen LogP contribution in [-0.4, -0.2) is 34.7 Å². The predicted molar refractivity (Wildman–Crippen MR) is 51.2 cm³/mol. The normalized spacial score (nSPS) is 12.4. The van der Waals surface area contributed by atoms with Gasteiger partial charge in [-0.2, -0.15) is 0 Å². The van der Waals surface area contributed by atoms with Crippen molar-refractivity contribution < 1.29 is 19.8 Å². The van der Waals surface area contributed by atoms with E-state index in [4.69, 9.17) is 10.2 Å². The van der Waals surface area contributed by atoms with Crippen LogP contribution in [-0.2, 0) is 9.59 Å². The van der Waals surface area contributed by atoms with Crippen LogP contribution in [0.4, 0.5) is 0 Å². The predicted octanol–water partition coefficient (Wildman–Crippen LogP) is 0.694. The maximum Gasteiger partial charge on any atom is 0.320 e.